The molecule has 0 radical (unpaired) electrons. The molecule has 0 aliphatic carbocycles. The molecular weight excluding hydrogens is 1180 g/mol. The number of carbonyl (C=O) groups is 12. The topological polar surface area (TPSA) is 461 Å². The maximum atomic E-state index is 14.6. The lowest BCUT2D eigenvalue weighted by Gasteiger charge is -2.29. The molecule has 91 heavy (non-hydrogen) atoms. The predicted octanol–water partition coefficient (Wildman–Crippen LogP) is -0.374. The second kappa shape index (κ2) is 38.4. The van der Waals surface area contributed by atoms with Crippen LogP contribution in [0.5, 0.6) is 11.5 Å². The van der Waals surface area contributed by atoms with Crippen LogP contribution in [0.3, 0.4) is 0 Å². The average molecular weight is 1270 g/mol. The zero-order valence-corrected chi connectivity index (χ0v) is 52.9. The Morgan fingerprint density at radius 2 is 0.890 bits per heavy atom. The standard InChI is InChI=1S/C63H92N12O16/c1-9-11-17-44(56(83)74-52(35(5)6)62(89)72-47(31-39-20-24-41(77)25-21-39)58(85)67-43(54(66)81)26-27-91-8)68-59(86)46(30-38-18-22-40(76)23-19-38)70-60(87)48(32-50(65)78)71-57(84)45(28-34(3)4)69-61(88)49(33-51(79)80)73-63(90)53(36(7)10-2)75-55(82)42(64)29-37-15-13-12-14-16-37/h12-16,18-25,34-36,42-49,52-53,76-77H,9-11,17,26-33,64H2,1-8H3,(H2,65,78)(H2,66,81)(H,67,85)(H,68,86)(H,69,88)(H,70,87)(H,71,84)(H,72,89)(H,73,90)(H,74,83)(H,75,82)(H,79,80)/t36-,42-,43-,44-,45-,46-,47-,48-,49-,52-,53-/m0/s1. The Morgan fingerprint density at radius 1 is 0.473 bits per heavy atom. The summed E-state index contributed by atoms with van der Waals surface area (Å²) in [4.78, 5) is 164. The number of hydrogen-bond acceptors (Lipinski definition) is 16. The van der Waals surface area contributed by atoms with Crippen molar-refractivity contribution in [2.75, 3.05) is 13.7 Å². The Balaban J connectivity index is 1.94. The number of hydrogen-bond donors (Lipinski definition) is 15. The van der Waals surface area contributed by atoms with Gasteiger partial charge in [0.25, 0.3) is 0 Å². The zero-order valence-electron chi connectivity index (χ0n) is 52.9. The normalized spacial score (nSPS) is 14.8. The highest BCUT2D eigenvalue weighted by Gasteiger charge is 2.38. The van der Waals surface area contributed by atoms with Crippen LogP contribution in [0.1, 0.15) is 117 Å². The molecule has 0 saturated carbocycles. The lowest BCUT2D eigenvalue weighted by Crippen LogP contribution is -2.62. The van der Waals surface area contributed by atoms with E-state index in [-0.39, 0.29) is 62.5 Å². The molecule has 3 rings (SSSR count). The highest BCUT2D eigenvalue weighted by atomic mass is 16.5. The van der Waals surface area contributed by atoms with Crippen molar-refractivity contribution in [3.8, 4) is 11.5 Å². The third-order valence-corrected chi connectivity index (χ3v) is 14.8. The van der Waals surface area contributed by atoms with Crippen molar-refractivity contribution in [3.05, 3.63) is 95.6 Å². The number of unbranched alkanes of at least 4 members (excludes halogenated alkanes) is 1. The molecule has 0 spiro atoms. The summed E-state index contributed by atoms with van der Waals surface area (Å²) in [6, 6.07) is 5.74. The van der Waals surface area contributed by atoms with Gasteiger partial charge in [-0.05, 0) is 84.4 Å². The Kier molecular flexibility index (Phi) is 32.1. The van der Waals surface area contributed by atoms with E-state index in [1.165, 1.54) is 55.6 Å². The largest absolute Gasteiger partial charge is 0.508 e. The molecular formula is C63H92N12O16. The van der Waals surface area contributed by atoms with Crippen LogP contribution in [0.4, 0.5) is 0 Å². The molecule has 0 fully saturated rings. The zero-order chi connectivity index (χ0) is 68.1. The molecule has 3 aromatic rings. The first-order chi connectivity index (χ1) is 43.0. The summed E-state index contributed by atoms with van der Waals surface area (Å²) in [5.74, 6) is -13.6. The van der Waals surface area contributed by atoms with Crippen molar-refractivity contribution in [1.82, 2.24) is 47.9 Å². The first kappa shape index (κ1) is 76.1. The predicted molar refractivity (Wildman–Crippen MR) is 334 cm³/mol. The van der Waals surface area contributed by atoms with Crippen LogP contribution in [0.25, 0.3) is 0 Å². The number of nitrogens with two attached hydrogens (primary N) is 3. The van der Waals surface area contributed by atoms with Crippen LogP contribution in [-0.4, -0.2) is 160 Å². The molecule has 28 nitrogen and oxygen atoms in total. The van der Waals surface area contributed by atoms with Gasteiger partial charge in [0, 0.05) is 26.6 Å². The summed E-state index contributed by atoms with van der Waals surface area (Å²) in [5, 5.41) is 52.9. The van der Waals surface area contributed by atoms with Crippen LogP contribution in [0, 0.1) is 17.8 Å². The molecule has 11 amide bonds. The quantitative estimate of drug-likeness (QED) is 0.0345. The first-order valence-electron chi connectivity index (χ1n) is 30.3. The fourth-order valence-corrected chi connectivity index (χ4v) is 9.45. The SMILES string of the molecule is CCCC[C@H](NC(=O)[C@H](Cc1ccc(O)cc1)NC(=O)[C@H](CC(N)=O)NC(=O)[C@H](CC(C)C)NC(=O)[C@H](CC(=O)O)NC(=O)[C@@H](NC(=O)[C@@H](N)Cc1ccccc1)[C@@H](C)CC)C(=O)N[C@H](C(=O)N[C@@H](Cc1ccc(O)cc1)C(=O)N[C@@H](CCOC)C(N)=O)C(C)C. The minimum absolute atomic E-state index is 0.00146. The lowest BCUT2D eigenvalue weighted by molar-refractivity contribution is -0.142. The number of nitrogens with one attached hydrogen (secondary N) is 9. The molecule has 0 aliphatic heterocycles. The number of carboxylic acids is 1. The highest BCUT2D eigenvalue weighted by molar-refractivity contribution is 6.00. The van der Waals surface area contributed by atoms with Crippen molar-refractivity contribution in [3.63, 3.8) is 0 Å². The molecule has 28 heteroatoms. The Bertz CT molecular complexity index is 2930. The number of primary amides is 2. The maximum Gasteiger partial charge on any atom is 0.305 e. The van der Waals surface area contributed by atoms with Crippen molar-refractivity contribution in [1.29, 1.82) is 0 Å². The monoisotopic (exact) mass is 1270 g/mol. The Labute approximate surface area is 529 Å². The maximum absolute atomic E-state index is 14.6. The van der Waals surface area contributed by atoms with Crippen LogP contribution in [-0.2, 0) is 81.5 Å². The van der Waals surface area contributed by atoms with Gasteiger partial charge >= 0.3 is 5.97 Å². The van der Waals surface area contributed by atoms with Gasteiger partial charge in [0.2, 0.25) is 65.0 Å². The summed E-state index contributed by atoms with van der Waals surface area (Å²) >= 11 is 0. The highest BCUT2D eigenvalue weighted by Crippen LogP contribution is 2.17. The number of ether oxygens (including phenoxy) is 1. The summed E-state index contributed by atoms with van der Waals surface area (Å²) in [6.45, 7) is 11.9. The van der Waals surface area contributed by atoms with E-state index in [2.05, 4.69) is 47.9 Å². The van der Waals surface area contributed by atoms with Gasteiger partial charge in [-0.15, -0.1) is 0 Å². The number of carboxylic acid groups (broad SMARTS) is 1. The number of carbonyl (C=O) groups excluding carboxylic acids is 11. The van der Waals surface area contributed by atoms with E-state index in [1.54, 1.807) is 71.9 Å². The van der Waals surface area contributed by atoms with Crippen LogP contribution >= 0.6 is 0 Å². The van der Waals surface area contributed by atoms with Gasteiger partial charge in [-0.2, -0.15) is 0 Å². The molecule has 18 N–H and O–H groups in total. The third kappa shape index (κ3) is 26.8. The molecule has 3 aromatic carbocycles. The van der Waals surface area contributed by atoms with Crippen molar-refractivity contribution < 1.29 is 77.6 Å². The van der Waals surface area contributed by atoms with Crippen LogP contribution in [0.15, 0.2) is 78.9 Å². The van der Waals surface area contributed by atoms with E-state index in [4.69, 9.17) is 21.9 Å². The van der Waals surface area contributed by atoms with Gasteiger partial charge in [0.1, 0.15) is 65.9 Å². The van der Waals surface area contributed by atoms with Gasteiger partial charge in [0.05, 0.1) is 18.9 Å². The second-order valence-corrected chi connectivity index (χ2v) is 23.3. The molecule has 0 aromatic heterocycles. The van der Waals surface area contributed by atoms with Crippen molar-refractivity contribution in [2.24, 2.45) is 35.0 Å². The fourth-order valence-electron chi connectivity index (χ4n) is 9.45. The number of aliphatic carboxylic acids is 1. The van der Waals surface area contributed by atoms with Gasteiger partial charge in [-0.1, -0.05) is 122 Å². The lowest BCUT2D eigenvalue weighted by atomic mass is 9.96. The Morgan fingerprint density at radius 3 is 1.36 bits per heavy atom. The number of phenolic OH excluding ortho intramolecular Hbond substituents is 2. The summed E-state index contributed by atoms with van der Waals surface area (Å²) in [7, 11) is 1.39. The molecule has 0 aliphatic rings. The van der Waals surface area contributed by atoms with Gasteiger partial charge in [-0.25, -0.2) is 0 Å². The number of benzene rings is 3. The number of phenols is 2. The second-order valence-electron chi connectivity index (χ2n) is 23.3. The number of rotatable bonds is 40. The molecule has 0 saturated heterocycles. The summed E-state index contributed by atoms with van der Waals surface area (Å²) in [5.41, 5.74) is 19.0. The van der Waals surface area contributed by atoms with E-state index in [9.17, 15) is 72.9 Å². The van der Waals surface area contributed by atoms with E-state index < -0.39 is 156 Å². The smallest absolute Gasteiger partial charge is 0.305 e. The third-order valence-electron chi connectivity index (χ3n) is 14.8. The van der Waals surface area contributed by atoms with Gasteiger partial charge < -0.3 is 85.1 Å². The fraction of sp³-hybridized carbons (Fsp3) is 0.524. The van der Waals surface area contributed by atoms with Gasteiger partial charge in [0.15, 0.2) is 0 Å². The number of amides is 11. The van der Waals surface area contributed by atoms with Gasteiger partial charge in [-0.3, -0.25) is 57.5 Å². The number of aromatic hydroxyl groups is 2. The Hall–Kier alpha value is -9.18. The van der Waals surface area contributed by atoms with E-state index in [0.717, 1.165) is 5.56 Å². The van der Waals surface area contributed by atoms with E-state index in [0.29, 0.717) is 30.4 Å². The van der Waals surface area contributed by atoms with Crippen LogP contribution in [0.2, 0.25) is 0 Å². The minimum atomic E-state index is -1.84. The average Bonchev–Trinajstić information content (AvgIpc) is 1.12. The van der Waals surface area contributed by atoms with Crippen molar-refractivity contribution in [2.45, 2.75) is 180 Å². The molecule has 0 bridgehead atoms. The summed E-state index contributed by atoms with van der Waals surface area (Å²) < 4.78 is 5.05. The van der Waals surface area contributed by atoms with Crippen LogP contribution < -0.4 is 65.1 Å². The number of methoxy groups -OCH3 is 1. The minimum Gasteiger partial charge on any atom is -0.508 e. The molecule has 0 heterocycles. The summed E-state index contributed by atoms with van der Waals surface area (Å²) in [6.07, 6.45) is -1.05. The molecule has 11 atom stereocenters. The first-order valence-corrected chi connectivity index (χ1v) is 30.3. The van der Waals surface area contributed by atoms with Crippen molar-refractivity contribution >= 4 is 70.9 Å². The van der Waals surface area contributed by atoms with E-state index >= 15 is 0 Å². The molecule has 500 valence electrons. The van der Waals surface area contributed by atoms with E-state index in [1.807, 2.05) is 6.92 Å². The molecule has 0 unspecified atom stereocenters.